The van der Waals surface area contributed by atoms with Gasteiger partial charge in [0, 0.05) is 6.54 Å². The normalized spacial score (nSPS) is 17.1. The predicted molar refractivity (Wildman–Crippen MR) is 51.8 cm³/mol. The molecule has 74 valence electrons. The maximum atomic E-state index is 11.4. The van der Waals surface area contributed by atoms with Crippen molar-refractivity contribution in [1.29, 1.82) is 0 Å². The van der Waals surface area contributed by atoms with Crippen LogP contribution in [0.25, 0.3) is 0 Å². The molecular weight excluding hydrogens is 182 g/mol. The quantitative estimate of drug-likeness (QED) is 0.683. The first-order chi connectivity index (χ1) is 6.77. The molecule has 14 heavy (non-hydrogen) atoms. The number of morpholine rings is 1. The third kappa shape index (κ3) is 1.67. The number of carbonyl (C=O) groups excluding carboxylic acids is 1. The molecule has 0 bridgehead atoms. The molecule has 0 aromatic carbocycles. The third-order valence-electron chi connectivity index (χ3n) is 2.07. The fourth-order valence-corrected chi connectivity index (χ4v) is 1.35. The highest BCUT2D eigenvalue weighted by Gasteiger charge is 2.19. The van der Waals surface area contributed by atoms with E-state index in [1.165, 1.54) is 0 Å². The third-order valence-corrected chi connectivity index (χ3v) is 2.07. The molecule has 0 saturated carbocycles. The average Bonchev–Trinajstić information content (AvgIpc) is 2.20. The first kappa shape index (κ1) is 8.96. The molecule has 2 heterocycles. The molecule has 0 unspecified atom stereocenters. The molecule has 5 nitrogen and oxygen atoms in total. The Morgan fingerprint density at radius 2 is 2.36 bits per heavy atom. The van der Waals surface area contributed by atoms with Crippen molar-refractivity contribution in [3.8, 4) is 0 Å². The van der Waals surface area contributed by atoms with Crippen molar-refractivity contribution in [1.82, 2.24) is 4.98 Å². The van der Waals surface area contributed by atoms with Crippen molar-refractivity contribution in [2.75, 3.05) is 30.4 Å². The van der Waals surface area contributed by atoms with E-state index in [4.69, 9.17) is 10.5 Å². The Balaban J connectivity index is 2.20. The van der Waals surface area contributed by atoms with Crippen molar-refractivity contribution in [2.45, 2.75) is 0 Å². The lowest BCUT2D eigenvalue weighted by Gasteiger charge is -2.26. The van der Waals surface area contributed by atoms with Crippen LogP contribution >= 0.6 is 0 Å². The predicted octanol–water partition coefficient (Wildman–Crippen LogP) is 0.0270. The number of carbonyl (C=O) groups is 1. The maximum Gasteiger partial charge on any atom is 0.253 e. The number of amides is 1. The van der Waals surface area contributed by atoms with Gasteiger partial charge in [-0.15, -0.1) is 0 Å². The highest BCUT2D eigenvalue weighted by Crippen LogP contribution is 2.15. The summed E-state index contributed by atoms with van der Waals surface area (Å²) in [4.78, 5) is 17.0. The molecule has 0 radical (unpaired) electrons. The summed E-state index contributed by atoms with van der Waals surface area (Å²) in [6.07, 6.45) is 1.60. The highest BCUT2D eigenvalue weighted by atomic mass is 16.5. The van der Waals surface area contributed by atoms with E-state index in [9.17, 15) is 4.79 Å². The standard InChI is InChI=1S/C9H11N3O2/c10-8-2-1-7(5-11-8)12-3-4-14-6-9(12)13/h1-2,5H,3-4,6H2,(H2,10,11). The van der Waals surface area contributed by atoms with Crippen LogP contribution in [0.1, 0.15) is 0 Å². The van der Waals surface area contributed by atoms with Crippen LogP contribution in [0.3, 0.4) is 0 Å². The molecule has 0 atom stereocenters. The van der Waals surface area contributed by atoms with Gasteiger partial charge in [0.1, 0.15) is 12.4 Å². The van der Waals surface area contributed by atoms with Crippen LogP contribution in [-0.4, -0.2) is 30.6 Å². The smallest absolute Gasteiger partial charge is 0.253 e. The maximum absolute atomic E-state index is 11.4. The van der Waals surface area contributed by atoms with Gasteiger partial charge < -0.3 is 15.4 Å². The van der Waals surface area contributed by atoms with Gasteiger partial charge in [0.25, 0.3) is 5.91 Å². The molecule has 0 spiro atoms. The van der Waals surface area contributed by atoms with Crippen molar-refractivity contribution >= 4 is 17.4 Å². The summed E-state index contributed by atoms with van der Waals surface area (Å²) in [5.41, 5.74) is 6.22. The summed E-state index contributed by atoms with van der Waals surface area (Å²) in [6, 6.07) is 3.46. The molecule has 1 aromatic heterocycles. The highest BCUT2D eigenvalue weighted by molar-refractivity contribution is 5.94. The monoisotopic (exact) mass is 193 g/mol. The van der Waals surface area contributed by atoms with Gasteiger partial charge in [-0.1, -0.05) is 0 Å². The molecule has 2 rings (SSSR count). The molecule has 0 aliphatic carbocycles. The number of nitrogens with zero attached hydrogens (tertiary/aromatic N) is 2. The fraction of sp³-hybridized carbons (Fsp3) is 0.333. The second-order valence-corrected chi connectivity index (χ2v) is 3.04. The number of anilines is 2. The summed E-state index contributed by atoms with van der Waals surface area (Å²) in [5, 5.41) is 0. The molecule has 1 aliphatic rings. The largest absolute Gasteiger partial charge is 0.384 e. The lowest BCUT2D eigenvalue weighted by molar-refractivity contribution is -0.125. The number of rotatable bonds is 1. The minimum atomic E-state index is -0.0391. The van der Waals surface area contributed by atoms with Crippen molar-refractivity contribution < 1.29 is 9.53 Å². The lowest BCUT2D eigenvalue weighted by Crippen LogP contribution is -2.41. The fourth-order valence-electron chi connectivity index (χ4n) is 1.35. The second kappa shape index (κ2) is 3.63. The van der Waals surface area contributed by atoms with E-state index in [-0.39, 0.29) is 12.5 Å². The van der Waals surface area contributed by atoms with E-state index in [1.54, 1.807) is 23.2 Å². The van der Waals surface area contributed by atoms with Crippen LogP contribution < -0.4 is 10.6 Å². The van der Waals surface area contributed by atoms with Crippen molar-refractivity contribution in [3.63, 3.8) is 0 Å². The van der Waals surface area contributed by atoms with E-state index >= 15 is 0 Å². The van der Waals surface area contributed by atoms with E-state index in [0.29, 0.717) is 19.0 Å². The van der Waals surface area contributed by atoms with Gasteiger partial charge in [-0.3, -0.25) is 4.79 Å². The van der Waals surface area contributed by atoms with Gasteiger partial charge in [0.15, 0.2) is 0 Å². The van der Waals surface area contributed by atoms with E-state index < -0.39 is 0 Å². The topological polar surface area (TPSA) is 68.4 Å². The van der Waals surface area contributed by atoms with Crippen LogP contribution in [0.4, 0.5) is 11.5 Å². The van der Waals surface area contributed by atoms with Gasteiger partial charge in [-0.2, -0.15) is 0 Å². The van der Waals surface area contributed by atoms with Gasteiger partial charge in [0.2, 0.25) is 0 Å². The van der Waals surface area contributed by atoms with Gasteiger partial charge in [-0.25, -0.2) is 4.98 Å². The minimum Gasteiger partial charge on any atom is -0.384 e. The Bertz CT molecular complexity index is 336. The number of hydrogen-bond donors (Lipinski definition) is 1. The summed E-state index contributed by atoms with van der Waals surface area (Å²) in [7, 11) is 0. The van der Waals surface area contributed by atoms with E-state index in [0.717, 1.165) is 5.69 Å². The van der Waals surface area contributed by atoms with Crippen LogP contribution in [-0.2, 0) is 9.53 Å². The number of aromatic nitrogens is 1. The summed E-state index contributed by atoms with van der Waals surface area (Å²) in [6.45, 7) is 1.28. The van der Waals surface area contributed by atoms with Crippen molar-refractivity contribution in [2.24, 2.45) is 0 Å². The minimum absolute atomic E-state index is 0.0391. The van der Waals surface area contributed by atoms with Crippen LogP contribution in [0.15, 0.2) is 18.3 Å². The Hall–Kier alpha value is -1.62. The Kier molecular flexibility index (Phi) is 2.32. The van der Waals surface area contributed by atoms with Gasteiger partial charge in [-0.05, 0) is 12.1 Å². The van der Waals surface area contributed by atoms with Crippen LogP contribution in [0, 0.1) is 0 Å². The molecule has 1 saturated heterocycles. The summed E-state index contributed by atoms with van der Waals surface area (Å²) < 4.78 is 5.02. The van der Waals surface area contributed by atoms with Crippen LogP contribution in [0.2, 0.25) is 0 Å². The van der Waals surface area contributed by atoms with Gasteiger partial charge >= 0.3 is 0 Å². The second-order valence-electron chi connectivity index (χ2n) is 3.04. The van der Waals surface area contributed by atoms with E-state index in [2.05, 4.69) is 4.98 Å². The number of nitrogen functional groups attached to an aromatic ring is 1. The number of pyridine rings is 1. The van der Waals surface area contributed by atoms with Gasteiger partial charge in [0.05, 0.1) is 18.5 Å². The zero-order valence-corrected chi connectivity index (χ0v) is 7.64. The average molecular weight is 193 g/mol. The molecule has 1 amide bonds. The van der Waals surface area contributed by atoms with Crippen LogP contribution in [0.5, 0.6) is 0 Å². The molecular formula is C9H11N3O2. The SMILES string of the molecule is Nc1ccc(N2CCOCC2=O)cn1. The number of nitrogens with two attached hydrogens (primary N) is 1. The summed E-state index contributed by atoms with van der Waals surface area (Å²) in [5.74, 6) is 0.414. The Morgan fingerprint density at radius 1 is 1.50 bits per heavy atom. The molecule has 1 aromatic rings. The Labute approximate surface area is 81.5 Å². The first-order valence-corrected chi connectivity index (χ1v) is 4.37. The summed E-state index contributed by atoms with van der Waals surface area (Å²) >= 11 is 0. The zero-order valence-electron chi connectivity index (χ0n) is 7.64. The molecule has 5 heteroatoms. The number of ether oxygens (including phenoxy) is 1. The first-order valence-electron chi connectivity index (χ1n) is 4.37. The lowest BCUT2D eigenvalue weighted by atomic mass is 10.3. The van der Waals surface area contributed by atoms with E-state index in [1.807, 2.05) is 0 Å². The zero-order chi connectivity index (χ0) is 9.97. The number of hydrogen-bond acceptors (Lipinski definition) is 4. The molecule has 2 N–H and O–H groups in total. The molecule has 1 fully saturated rings. The van der Waals surface area contributed by atoms with Crippen molar-refractivity contribution in [3.05, 3.63) is 18.3 Å². The Morgan fingerprint density at radius 3 is 3.00 bits per heavy atom. The molecule has 1 aliphatic heterocycles.